The SMILES string of the molecule is Cc1ccnc(-c2cc(CCC(=O)ON3C(=O)CCC3=O)ccn2)c1.[Ru+2].c1ccc(-c2ccccn2)nc1.c1ccc(-c2ccccn2)nc1. The first-order valence-electron chi connectivity index (χ1n) is 15.6. The van der Waals surface area contributed by atoms with Gasteiger partial charge in [0.05, 0.1) is 40.6 Å². The number of carbonyl (C=O) groups excluding carboxylic acids is 3. The summed E-state index contributed by atoms with van der Waals surface area (Å²) in [5, 5.41) is 0.566. The Morgan fingerprint density at radius 1 is 0.580 bits per heavy atom. The van der Waals surface area contributed by atoms with Crippen molar-refractivity contribution >= 4 is 17.8 Å². The molecule has 0 atom stereocenters. The predicted molar refractivity (Wildman–Crippen MR) is 183 cm³/mol. The number of hydrogen-bond acceptors (Lipinski definition) is 10. The topological polar surface area (TPSA) is 141 Å². The molecule has 11 nitrogen and oxygen atoms in total. The Hall–Kier alpha value is -5.87. The molecule has 0 spiro atoms. The van der Waals surface area contributed by atoms with Crippen molar-refractivity contribution in [3.8, 4) is 34.2 Å². The van der Waals surface area contributed by atoms with Crippen molar-refractivity contribution in [3.63, 3.8) is 0 Å². The molecule has 1 aliphatic heterocycles. The van der Waals surface area contributed by atoms with E-state index < -0.39 is 17.8 Å². The zero-order valence-electron chi connectivity index (χ0n) is 27.1. The smallest absolute Gasteiger partial charge is 0.330 e. The Morgan fingerprint density at radius 3 is 1.42 bits per heavy atom. The number of carbonyl (C=O) groups is 3. The van der Waals surface area contributed by atoms with Crippen molar-refractivity contribution in [2.45, 2.75) is 32.6 Å². The summed E-state index contributed by atoms with van der Waals surface area (Å²) in [5.74, 6) is -1.57. The van der Waals surface area contributed by atoms with E-state index in [9.17, 15) is 14.4 Å². The van der Waals surface area contributed by atoms with Gasteiger partial charge in [-0.05, 0) is 97.3 Å². The van der Waals surface area contributed by atoms with Crippen LogP contribution in [0.25, 0.3) is 34.2 Å². The summed E-state index contributed by atoms with van der Waals surface area (Å²) in [5.41, 5.74) is 7.12. The van der Waals surface area contributed by atoms with Crippen LogP contribution in [0.3, 0.4) is 0 Å². The van der Waals surface area contributed by atoms with Crippen molar-refractivity contribution in [2.75, 3.05) is 0 Å². The van der Waals surface area contributed by atoms with Gasteiger partial charge in [-0.2, -0.15) is 0 Å². The quantitative estimate of drug-likeness (QED) is 0.135. The van der Waals surface area contributed by atoms with Gasteiger partial charge in [-0.1, -0.05) is 24.3 Å². The van der Waals surface area contributed by atoms with E-state index >= 15 is 0 Å². The molecule has 1 saturated heterocycles. The van der Waals surface area contributed by atoms with Gasteiger partial charge in [0.25, 0.3) is 11.8 Å². The normalized spacial score (nSPS) is 11.7. The number of aryl methyl sites for hydroxylation is 2. The maximum atomic E-state index is 11.9. The zero-order chi connectivity index (χ0) is 34.3. The first-order valence-corrected chi connectivity index (χ1v) is 15.6. The second kappa shape index (κ2) is 19.2. The van der Waals surface area contributed by atoms with E-state index in [-0.39, 0.29) is 38.7 Å². The molecule has 2 amide bonds. The van der Waals surface area contributed by atoms with E-state index in [4.69, 9.17) is 4.84 Å². The average molecular weight is 753 g/mol. The van der Waals surface area contributed by atoms with Gasteiger partial charge in [0.1, 0.15) is 0 Å². The molecular weight excluding hydrogens is 720 g/mol. The summed E-state index contributed by atoms with van der Waals surface area (Å²) >= 11 is 0. The van der Waals surface area contributed by atoms with Crippen molar-refractivity contribution in [3.05, 3.63) is 145 Å². The van der Waals surface area contributed by atoms with Gasteiger partial charge in [0.15, 0.2) is 0 Å². The van der Waals surface area contributed by atoms with E-state index in [0.29, 0.717) is 11.5 Å². The Balaban J connectivity index is 0.000000187. The summed E-state index contributed by atoms with van der Waals surface area (Å²) in [7, 11) is 0. The molecular formula is C38H33N7O4Ru+2. The van der Waals surface area contributed by atoms with Gasteiger partial charge < -0.3 is 4.84 Å². The van der Waals surface area contributed by atoms with E-state index in [1.165, 1.54) is 0 Å². The minimum atomic E-state index is -0.615. The molecule has 1 fully saturated rings. The zero-order valence-corrected chi connectivity index (χ0v) is 28.9. The third-order valence-electron chi connectivity index (χ3n) is 7.00. The molecule has 0 aliphatic carbocycles. The van der Waals surface area contributed by atoms with Gasteiger partial charge in [0, 0.05) is 50.0 Å². The molecule has 6 aromatic rings. The number of nitrogens with zero attached hydrogens (tertiary/aromatic N) is 7. The number of imide groups is 1. The third kappa shape index (κ3) is 11.1. The van der Waals surface area contributed by atoms with Crippen LogP contribution in [0.5, 0.6) is 0 Å². The largest absolute Gasteiger partial charge is 2.00 e. The number of pyridine rings is 6. The van der Waals surface area contributed by atoms with Gasteiger partial charge in [0.2, 0.25) is 0 Å². The average Bonchev–Trinajstić information content (AvgIpc) is 3.48. The maximum Gasteiger partial charge on any atom is 2.00 e. The number of amides is 2. The third-order valence-corrected chi connectivity index (χ3v) is 7.00. The summed E-state index contributed by atoms with van der Waals surface area (Å²) < 4.78 is 0. The van der Waals surface area contributed by atoms with Crippen LogP contribution in [0.2, 0.25) is 0 Å². The van der Waals surface area contributed by atoms with E-state index in [2.05, 4.69) is 29.9 Å². The molecule has 50 heavy (non-hydrogen) atoms. The molecule has 250 valence electrons. The summed E-state index contributed by atoms with van der Waals surface area (Å²) in [4.78, 5) is 64.9. The molecule has 0 aromatic carbocycles. The van der Waals surface area contributed by atoms with Crippen molar-refractivity contribution in [1.82, 2.24) is 35.0 Å². The fourth-order valence-electron chi connectivity index (χ4n) is 4.55. The van der Waals surface area contributed by atoms with Gasteiger partial charge in [-0.15, -0.1) is 5.06 Å². The van der Waals surface area contributed by atoms with Crippen LogP contribution in [-0.2, 0) is 45.1 Å². The maximum absolute atomic E-state index is 11.9. The van der Waals surface area contributed by atoms with Gasteiger partial charge in [-0.3, -0.25) is 39.5 Å². The first kappa shape index (κ1) is 37.0. The molecule has 0 saturated carbocycles. The van der Waals surface area contributed by atoms with E-state index in [1.807, 2.05) is 97.9 Å². The minimum absolute atomic E-state index is 0. The van der Waals surface area contributed by atoms with E-state index in [0.717, 1.165) is 45.3 Å². The molecule has 1 aliphatic rings. The molecule has 12 heteroatoms. The number of rotatable bonds is 7. The Bertz CT molecular complexity index is 1800. The van der Waals surface area contributed by atoms with Crippen molar-refractivity contribution < 1.29 is 38.7 Å². The molecule has 7 rings (SSSR count). The molecule has 0 N–H and O–H groups in total. The number of hydroxylamine groups is 2. The fourth-order valence-corrected chi connectivity index (χ4v) is 4.55. The number of aromatic nitrogens is 6. The second-order valence-corrected chi connectivity index (χ2v) is 10.7. The van der Waals surface area contributed by atoms with Crippen LogP contribution >= 0.6 is 0 Å². The fraction of sp³-hybridized carbons (Fsp3) is 0.132. The van der Waals surface area contributed by atoms with Crippen LogP contribution < -0.4 is 0 Å². The second-order valence-electron chi connectivity index (χ2n) is 10.7. The Morgan fingerprint density at radius 2 is 1.00 bits per heavy atom. The van der Waals surface area contributed by atoms with Crippen LogP contribution in [0, 0.1) is 6.92 Å². The molecule has 7 heterocycles. The van der Waals surface area contributed by atoms with Gasteiger partial charge >= 0.3 is 25.4 Å². The predicted octanol–water partition coefficient (Wildman–Crippen LogP) is 6.28. The molecule has 0 radical (unpaired) electrons. The van der Waals surface area contributed by atoms with Gasteiger partial charge in [-0.25, -0.2) is 4.79 Å². The monoisotopic (exact) mass is 753 g/mol. The molecule has 0 unspecified atom stereocenters. The molecule has 0 bridgehead atoms. The minimum Gasteiger partial charge on any atom is -0.330 e. The Kier molecular flexibility index (Phi) is 14.2. The van der Waals surface area contributed by atoms with E-state index in [1.54, 1.807) is 43.2 Å². The van der Waals surface area contributed by atoms with Crippen molar-refractivity contribution in [1.29, 1.82) is 0 Å². The Labute approximate surface area is 302 Å². The van der Waals surface area contributed by atoms with Crippen LogP contribution in [0.1, 0.15) is 30.4 Å². The molecule has 6 aromatic heterocycles. The first-order chi connectivity index (χ1) is 24.0. The van der Waals surface area contributed by atoms with Crippen LogP contribution in [-0.4, -0.2) is 52.8 Å². The standard InChI is InChI=1S/C18H17N3O4.2C10H8N2.Ru/c1-12-6-8-19-14(10-12)15-11-13(7-9-20-15)2-5-18(24)25-21-16(22)3-4-17(21)23;2*1-3-7-11-9(5-1)10-6-2-4-8-12-10;/h6-11H,2-5H2,1H3;2*1-8H;/q;;;+2. The van der Waals surface area contributed by atoms with Crippen LogP contribution in [0.15, 0.2) is 134 Å². The number of hydrogen-bond donors (Lipinski definition) is 0. The van der Waals surface area contributed by atoms with Crippen LogP contribution in [0.4, 0.5) is 0 Å². The van der Waals surface area contributed by atoms with Crippen molar-refractivity contribution in [2.24, 2.45) is 0 Å². The summed E-state index contributed by atoms with van der Waals surface area (Å²) in [6, 6.07) is 30.7. The summed E-state index contributed by atoms with van der Waals surface area (Å²) in [6.07, 6.45) is 11.1. The summed E-state index contributed by atoms with van der Waals surface area (Å²) in [6.45, 7) is 1.98.